The van der Waals surface area contributed by atoms with Gasteiger partial charge in [0.25, 0.3) is 11.8 Å². The first-order valence-electron chi connectivity index (χ1n) is 8.91. The molecule has 0 unspecified atom stereocenters. The molecule has 2 heterocycles. The molecule has 0 spiro atoms. The summed E-state index contributed by atoms with van der Waals surface area (Å²) in [5.74, 6) is -0.368. The molecule has 1 saturated heterocycles. The molecule has 0 radical (unpaired) electrons. The van der Waals surface area contributed by atoms with Crippen molar-refractivity contribution in [1.29, 1.82) is 0 Å². The van der Waals surface area contributed by atoms with Crippen molar-refractivity contribution >= 4 is 17.4 Å². The molecule has 134 valence electrons. The van der Waals surface area contributed by atoms with Crippen molar-refractivity contribution in [1.82, 2.24) is 14.7 Å². The molecule has 1 aromatic rings. The molecular weight excluding hydrogens is 318 g/mol. The number of carbonyl (C=O) groups is 2. The molecule has 1 N–H and O–H groups in total. The lowest BCUT2D eigenvalue weighted by Gasteiger charge is -2.36. The summed E-state index contributed by atoms with van der Waals surface area (Å²) in [6, 6.07) is 9.46. The van der Waals surface area contributed by atoms with Gasteiger partial charge in [-0.2, -0.15) is 0 Å². The van der Waals surface area contributed by atoms with Gasteiger partial charge in [0, 0.05) is 39.3 Å². The third-order valence-corrected chi connectivity index (χ3v) is 4.76. The highest BCUT2D eigenvalue weighted by molar-refractivity contribution is 6.35. The summed E-state index contributed by atoms with van der Waals surface area (Å²) < 4.78 is 0. The molecule has 6 nitrogen and oxygen atoms in total. The normalized spacial score (nSPS) is 19.3. The van der Waals surface area contributed by atoms with Gasteiger partial charge in [0.15, 0.2) is 0 Å². The number of piperazine rings is 1. The molecule has 25 heavy (non-hydrogen) atoms. The van der Waals surface area contributed by atoms with Crippen molar-refractivity contribution in [2.45, 2.75) is 13.3 Å². The number of carbonyl (C=O) groups excluding carboxylic acids is 2. The molecule has 2 amide bonds. The number of aliphatic hydroxyl groups is 1. The second-order valence-corrected chi connectivity index (χ2v) is 6.40. The van der Waals surface area contributed by atoms with Crippen molar-refractivity contribution < 1.29 is 14.7 Å². The molecular formula is C19H25N3O3. The first-order chi connectivity index (χ1) is 12.2. The van der Waals surface area contributed by atoms with Crippen molar-refractivity contribution in [2.24, 2.45) is 0 Å². The minimum absolute atomic E-state index is 0.139. The molecule has 0 saturated carbocycles. The number of benzene rings is 1. The molecule has 2 aliphatic rings. The van der Waals surface area contributed by atoms with E-state index in [1.165, 1.54) is 4.90 Å². The molecule has 0 bridgehead atoms. The van der Waals surface area contributed by atoms with Crippen LogP contribution in [0.25, 0.3) is 5.57 Å². The third-order valence-electron chi connectivity index (χ3n) is 4.76. The minimum atomic E-state index is -0.189. The highest BCUT2D eigenvalue weighted by Crippen LogP contribution is 2.32. The van der Waals surface area contributed by atoms with Crippen LogP contribution in [0.15, 0.2) is 36.0 Å². The zero-order chi connectivity index (χ0) is 17.8. The number of rotatable bonds is 6. The lowest BCUT2D eigenvalue weighted by Crippen LogP contribution is -2.48. The highest BCUT2D eigenvalue weighted by Gasteiger charge is 2.41. The van der Waals surface area contributed by atoms with Crippen LogP contribution < -0.4 is 0 Å². The second-order valence-electron chi connectivity index (χ2n) is 6.40. The highest BCUT2D eigenvalue weighted by atomic mass is 16.3. The summed E-state index contributed by atoms with van der Waals surface area (Å²) in [5.41, 5.74) is 1.86. The van der Waals surface area contributed by atoms with Gasteiger partial charge < -0.3 is 10.0 Å². The Kier molecular flexibility index (Phi) is 5.50. The van der Waals surface area contributed by atoms with Crippen molar-refractivity contribution in [3.8, 4) is 0 Å². The van der Waals surface area contributed by atoms with E-state index in [9.17, 15) is 9.59 Å². The number of aliphatic hydroxyl groups excluding tert-OH is 1. The zero-order valence-electron chi connectivity index (χ0n) is 14.6. The maximum absolute atomic E-state index is 12.9. The number of imide groups is 1. The summed E-state index contributed by atoms with van der Waals surface area (Å²) in [6.45, 7) is 6.13. The van der Waals surface area contributed by atoms with E-state index in [0.29, 0.717) is 37.4 Å². The topological polar surface area (TPSA) is 64.1 Å². The second kappa shape index (κ2) is 7.80. The fourth-order valence-electron chi connectivity index (χ4n) is 3.48. The van der Waals surface area contributed by atoms with Gasteiger partial charge >= 0.3 is 0 Å². The number of β-amino-alcohol motifs (C(OH)–C–C–N with tert-alkyl or cyclic N) is 1. The Morgan fingerprint density at radius 2 is 1.64 bits per heavy atom. The third kappa shape index (κ3) is 3.45. The number of amides is 2. The molecule has 0 atom stereocenters. The van der Waals surface area contributed by atoms with Gasteiger partial charge in [0.1, 0.15) is 5.70 Å². The van der Waals surface area contributed by atoms with Gasteiger partial charge in [0.2, 0.25) is 0 Å². The van der Waals surface area contributed by atoms with Crippen LogP contribution in [0, 0.1) is 0 Å². The van der Waals surface area contributed by atoms with Crippen molar-refractivity contribution in [2.75, 3.05) is 45.9 Å². The van der Waals surface area contributed by atoms with Crippen LogP contribution in [0.5, 0.6) is 0 Å². The number of hydrogen-bond donors (Lipinski definition) is 1. The first kappa shape index (κ1) is 17.6. The van der Waals surface area contributed by atoms with Gasteiger partial charge in [-0.15, -0.1) is 0 Å². The van der Waals surface area contributed by atoms with Gasteiger partial charge in [0.05, 0.1) is 12.2 Å². The lowest BCUT2D eigenvalue weighted by atomic mass is 10.0. The fourth-order valence-corrected chi connectivity index (χ4v) is 3.48. The average molecular weight is 343 g/mol. The Bertz CT molecular complexity index is 664. The number of nitrogens with zero attached hydrogens (tertiary/aromatic N) is 3. The van der Waals surface area contributed by atoms with Gasteiger partial charge in [-0.25, -0.2) is 0 Å². The molecule has 6 heteroatoms. The van der Waals surface area contributed by atoms with E-state index in [-0.39, 0.29) is 18.4 Å². The maximum atomic E-state index is 12.9. The van der Waals surface area contributed by atoms with Crippen LogP contribution in [-0.2, 0) is 9.59 Å². The fraction of sp³-hybridized carbons (Fsp3) is 0.474. The summed E-state index contributed by atoms with van der Waals surface area (Å²) in [7, 11) is 0. The Labute approximate surface area is 148 Å². The van der Waals surface area contributed by atoms with E-state index in [1.54, 1.807) is 0 Å². The SMILES string of the molecule is CCCN1C(=O)C(c2ccccc2)=C(N2CCN(CCO)CC2)C1=O. The largest absolute Gasteiger partial charge is 0.395 e. The Hall–Kier alpha value is -2.18. The predicted octanol–water partition coefficient (Wildman–Crippen LogP) is 0.786. The van der Waals surface area contributed by atoms with E-state index in [0.717, 1.165) is 25.1 Å². The van der Waals surface area contributed by atoms with Crippen LogP contribution in [0.1, 0.15) is 18.9 Å². The first-order valence-corrected chi connectivity index (χ1v) is 8.91. The standard InChI is InChI=1S/C19H25N3O3/c1-2-8-22-18(24)16(15-6-4-3-5-7-15)17(19(22)25)21-11-9-20(10-12-21)13-14-23/h3-7,23H,2,8-14H2,1H3. The van der Waals surface area contributed by atoms with Crippen LogP contribution in [0.2, 0.25) is 0 Å². The zero-order valence-corrected chi connectivity index (χ0v) is 14.6. The smallest absolute Gasteiger partial charge is 0.277 e. The Balaban J connectivity index is 1.92. The summed E-state index contributed by atoms with van der Waals surface area (Å²) in [5, 5.41) is 9.09. The summed E-state index contributed by atoms with van der Waals surface area (Å²) in [6.07, 6.45) is 0.747. The molecule has 1 fully saturated rings. The van der Waals surface area contributed by atoms with E-state index >= 15 is 0 Å². The lowest BCUT2D eigenvalue weighted by molar-refractivity contribution is -0.137. The summed E-state index contributed by atoms with van der Waals surface area (Å²) in [4.78, 5) is 31.4. The number of hydrogen-bond acceptors (Lipinski definition) is 5. The van der Waals surface area contributed by atoms with Gasteiger partial charge in [-0.05, 0) is 12.0 Å². The van der Waals surface area contributed by atoms with Gasteiger partial charge in [-0.1, -0.05) is 37.3 Å². The maximum Gasteiger partial charge on any atom is 0.277 e. The van der Waals surface area contributed by atoms with Gasteiger partial charge in [-0.3, -0.25) is 19.4 Å². The molecule has 0 aliphatic carbocycles. The van der Waals surface area contributed by atoms with Crippen LogP contribution >= 0.6 is 0 Å². The molecule has 1 aromatic carbocycles. The molecule has 0 aromatic heterocycles. The summed E-state index contributed by atoms with van der Waals surface area (Å²) >= 11 is 0. The predicted molar refractivity (Wildman–Crippen MR) is 95.5 cm³/mol. The van der Waals surface area contributed by atoms with Crippen molar-refractivity contribution in [3.63, 3.8) is 0 Å². The van der Waals surface area contributed by atoms with Crippen LogP contribution in [0.3, 0.4) is 0 Å². The quantitative estimate of drug-likeness (QED) is 0.774. The average Bonchev–Trinajstić information content (AvgIpc) is 2.88. The van der Waals surface area contributed by atoms with Crippen LogP contribution in [-0.4, -0.2) is 77.5 Å². The Morgan fingerprint density at radius 1 is 0.960 bits per heavy atom. The van der Waals surface area contributed by atoms with E-state index in [2.05, 4.69) is 4.90 Å². The molecule has 3 rings (SSSR count). The van der Waals surface area contributed by atoms with E-state index in [4.69, 9.17) is 5.11 Å². The molecule has 2 aliphatic heterocycles. The minimum Gasteiger partial charge on any atom is -0.395 e. The van der Waals surface area contributed by atoms with Crippen LogP contribution in [0.4, 0.5) is 0 Å². The van der Waals surface area contributed by atoms with E-state index < -0.39 is 0 Å². The monoisotopic (exact) mass is 343 g/mol. The van der Waals surface area contributed by atoms with E-state index in [1.807, 2.05) is 42.2 Å². The Morgan fingerprint density at radius 3 is 2.24 bits per heavy atom. The van der Waals surface area contributed by atoms with Crippen molar-refractivity contribution in [3.05, 3.63) is 41.6 Å².